The van der Waals surface area contributed by atoms with E-state index >= 15 is 0 Å². The second-order valence-corrected chi connectivity index (χ2v) is 7.88. The van der Waals surface area contributed by atoms with Crippen LogP contribution in [0.1, 0.15) is 5.56 Å². The van der Waals surface area contributed by atoms with Crippen molar-refractivity contribution in [3.8, 4) is 0 Å². The van der Waals surface area contributed by atoms with Crippen LogP contribution < -0.4 is 0 Å². The molecule has 10 heteroatoms. The fourth-order valence-electron chi connectivity index (χ4n) is 3.49. The second kappa shape index (κ2) is 8.33. The Morgan fingerprint density at radius 3 is 2.60 bits per heavy atom. The zero-order chi connectivity index (χ0) is 21.3. The van der Waals surface area contributed by atoms with Crippen LogP contribution in [0.2, 0.25) is 0 Å². The number of carbonyl (C=O) groups excluding carboxylic acids is 3. The van der Waals surface area contributed by atoms with Gasteiger partial charge in [-0.15, -0.1) is 0 Å². The first-order chi connectivity index (χ1) is 14.4. The molecule has 0 atom stereocenters. The van der Waals surface area contributed by atoms with Crippen LogP contribution in [0.15, 0.2) is 35.4 Å². The minimum absolute atomic E-state index is 0.202. The van der Waals surface area contributed by atoms with Crippen LogP contribution in [0.4, 0.5) is 4.79 Å². The van der Waals surface area contributed by atoms with Gasteiger partial charge in [-0.25, -0.2) is 0 Å². The Bertz CT molecular complexity index is 1070. The number of aliphatic carboxylic acids is 1. The van der Waals surface area contributed by atoms with Gasteiger partial charge in [-0.1, -0.05) is 18.2 Å². The molecule has 3 heterocycles. The fraction of sp³-hybridized carbons (Fsp3) is 0.300. The molecule has 4 rings (SSSR count). The summed E-state index contributed by atoms with van der Waals surface area (Å²) in [6, 6.07) is 7.24. The van der Waals surface area contributed by atoms with Gasteiger partial charge in [0.2, 0.25) is 5.91 Å². The number of morpholine rings is 1. The number of amides is 3. The number of benzene rings is 1. The monoisotopic (exact) mass is 429 g/mol. The Kier molecular flexibility index (Phi) is 5.60. The molecule has 0 aliphatic carbocycles. The average molecular weight is 429 g/mol. The molecule has 156 valence electrons. The molecule has 0 bridgehead atoms. The number of fused-ring (bicyclic) bond motifs is 1. The van der Waals surface area contributed by atoms with Crippen molar-refractivity contribution in [2.45, 2.75) is 6.54 Å². The van der Waals surface area contributed by atoms with Crippen LogP contribution in [0.3, 0.4) is 0 Å². The van der Waals surface area contributed by atoms with E-state index in [-0.39, 0.29) is 23.9 Å². The number of carboxylic acid groups (broad SMARTS) is 1. The minimum Gasteiger partial charge on any atom is -0.480 e. The smallest absolute Gasteiger partial charge is 0.323 e. The van der Waals surface area contributed by atoms with Crippen molar-refractivity contribution in [2.24, 2.45) is 0 Å². The molecule has 1 N–H and O–H groups in total. The van der Waals surface area contributed by atoms with Crippen molar-refractivity contribution in [1.29, 1.82) is 0 Å². The van der Waals surface area contributed by atoms with Crippen LogP contribution in [0, 0.1) is 0 Å². The lowest BCUT2D eigenvalue weighted by molar-refractivity contribution is -0.139. The van der Waals surface area contributed by atoms with Gasteiger partial charge >= 0.3 is 5.97 Å². The molecule has 30 heavy (non-hydrogen) atoms. The number of imide groups is 1. The maximum absolute atomic E-state index is 12.8. The van der Waals surface area contributed by atoms with Gasteiger partial charge in [-0.3, -0.25) is 24.1 Å². The molecule has 0 radical (unpaired) electrons. The summed E-state index contributed by atoms with van der Waals surface area (Å²) in [4.78, 5) is 51.5. The number of thioether (sulfide) groups is 1. The molecule has 1 aromatic carbocycles. The summed E-state index contributed by atoms with van der Waals surface area (Å²) in [5.74, 6) is -1.80. The lowest BCUT2D eigenvalue weighted by Gasteiger charge is -2.28. The number of ether oxygens (including phenoxy) is 1. The third-order valence-electron chi connectivity index (χ3n) is 4.94. The zero-order valence-electron chi connectivity index (χ0n) is 15.9. The van der Waals surface area contributed by atoms with Crippen molar-refractivity contribution in [2.75, 3.05) is 32.8 Å². The SMILES string of the molecule is O=C(O)Cn1cc(/C=C2\SC(=O)N(CC(=O)N3CCOCC3)C2=O)c2ccccc21. The highest BCUT2D eigenvalue weighted by atomic mass is 32.2. The summed E-state index contributed by atoms with van der Waals surface area (Å²) in [5, 5.41) is 9.41. The second-order valence-electron chi connectivity index (χ2n) is 6.88. The van der Waals surface area contributed by atoms with E-state index in [9.17, 15) is 19.2 Å². The Morgan fingerprint density at radius 2 is 1.87 bits per heavy atom. The number of nitrogens with zero attached hydrogens (tertiary/aromatic N) is 3. The van der Waals surface area contributed by atoms with E-state index in [0.717, 1.165) is 22.0 Å². The molecule has 2 aliphatic heterocycles. The number of hydrogen-bond acceptors (Lipinski definition) is 6. The Balaban J connectivity index is 1.58. The van der Waals surface area contributed by atoms with Gasteiger partial charge in [0.1, 0.15) is 13.1 Å². The first-order valence-electron chi connectivity index (χ1n) is 9.34. The normalized spacial score (nSPS) is 18.6. The molecule has 2 aliphatic rings. The van der Waals surface area contributed by atoms with Crippen molar-refractivity contribution in [3.63, 3.8) is 0 Å². The van der Waals surface area contributed by atoms with Gasteiger partial charge < -0.3 is 19.3 Å². The molecule has 1 aromatic heterocycles. The maximum atomic E-state index is 12.8. The van der Waals surface area contributed by atoms with Gasteiger partial charge in [0.15, 0.2) is 0 Å². The Labute approximate surface area is 175 Å². The van der Waals surface area contributed by atoms with Crippen LogP contribution >= 0.6 is 11.8 Å². The number of carbonyl (C=O) groups is 4. The molecule has 0 spiro atoms. The Morgan fingerprint density at radius 1 is 1.13 bits per heavy atom. The predicted molar refractivity (Wildman–Crippen MR) is 110 cm³/mol. The Hall–Kier alpha value is -3.11. The van der Waals surface area contributed by atoms with Crippen molar-refractivity contribution in [3.05, 3.63) is 40.9 Å². The fourth-order valence-corrected chi connectivity index (χ4v) is 4.32. The van der Waals surface area contributed by atoms with Gasteiger partial charge in [0.25, 0.3) is 11.1 Å². The van der Waals surface area contributed by atoms with E-state index in [2.05, 4.69) is 0 Å². The number of carboxylic acids is 1. The molecular formula is C20H19N3O6S. The highest BCUT2D eigenvalue weighted by Gasteiger charge is 2.37. The lowest BCUT2D eigenvalue weighted by Crippen LogP contribution is -2.46. The van der Waals surface area contributed by atoms with E-state index in [0.29, 0.717) is 37.4 Å². The predicted octanol–water partition coefficient (Wildman–Crippen LogP) is 1.62. The first-order valence-corrected chi connectivity index (χ1v) is 10.2. The standard InChI is InChI=1S/C20H19N3O6S/c24-17(21-5-7-29-8-6-21)11-23-19(27)16(30-20(23)28)9-13-10-22(12-18(25)26)15-4-2-1-3-14(13)15/h1-4,9-10H,5-8,11-12H2,(H,25,26)/b16-9-. The molecule has 0 saturated carbocycles. The summed E-state index contributed by atoms with van der Waals surface area (Å²) in [5.41, 5.74) is 1.35. The summed E-state index contributed by atoms with van der Waals surface area (Å²) in [6.07, 6.45) is 3.22. The number of aromatic nitrogens is 1. The molecule has 9 nitrogen and oxygen atoms in total. The lowest BCUT2D eigenvalue weighted by atomic mass is 10.1. The molecule has 0 unspecified atom stereocenters. The molecular weight excluding hydrogens is 410 g/mol. The number of para-hydroxylation sites is 1. The van der Waals surface area contributed by atoms with Crippen molar-refractivity contribution >= 4 is 51.8 Å². The zero-order valence-corrected chi connectivity index (χ0v) is 16.8. The summed E-state index contributed by atoms with van der Waals surface area (Å²) >= 11 is 0.775. The van der Waals surface area contributed by atoms with E-state index in [1.165, 1.54) is 0 Å². The van der Waals surface area contributed by atoms with Crippen LogP contribution in [-0.4, -0.2) is 75.3 Å². The largest absolute Gasteiger partial charge is 0.480 e. The summed E-state index contributed by atoms with van der Waals surface area (Å²) in [7, 11) is 0. The topological polar surface area (TPSA) is 109 Å². The van der Waals surface area contributed by atoms with E-state index in [1.807, 2.05) is 12.1 Å². The first kappa shape index (κ1) is 20.2. The van der Waals surface area contributed by atoms with E-state index < -0.39 is 17.1 Å². The van der Waals surface area contributed by atoms with E-state index in [4.69, 9.17) is 9.84 Å². The summed E-state index contributed by atoms with van der Waals surface area (Å²) in [6.45, 7) is 1.23. The van der Waals surface area contributed by atoms with Crippen molar-refractivity contribution in [1.82, 2.24) is 14.4 Å². The molecule has 2 aromatic rings. The average Bonchev–Trinajstić information content (AvgIpc) is 3.20. The van der Waals surface area contributed by atoms with Gasteiger partial charge in [-0.05, 0) is 23.9 Å². The van der Waals surface area contributed by atoms with E-state index in [1.54, 1.807) is 33.9 Å². The number of rotatable bonds is 5. The number of hydrogen-bond donors (Lipinski definition) is 1. The molecule has 3 amide bonds. The third-order valence-corrected chi connectivity index (χ3v) is 5.85. The van der Waals surface area contributed by atoms with Gasteiger partial charge in [-0.2, -0.15) is 0 Å². The third kappa shape index (κ3) is 3.96. The van der Waals surface area contributed by atoms with Crippen LogP contribution in [0.5, 0.6) is 0 Å². The molecule has 2 saturated heterocycles. The highest BCUT2D eigenvalue weighted by Crippen LogP contribution is 2.34. The summed E-state index contributed by atoms with van der Waals surface area (Å²) < 4.78 is 6.79. The van der Waals surface area contributed by atoms with Gasteiger partial charge in [0, 0.05) is 35.8 Å². The highest BCUT2D eigenvalue weighted by molar-refractivity contribution is 8.18. The van der Waals surface area contributed by atoms with Crippen molar-refractivity contribution < 1.29 is 29.0 Å². The molecule has 2 fully saturated rings. The maximum Gasteiger partial charge on any atom is 0.323 e. The minimum atomic E-state index is -0.982. The van der Waals surface area contributed by atoms with Gasteiger partial charge in [0.05, 0.1) is 18.1 Å². The van der Waals surface area contributed by atoms with Crippen LogP contribution in [-0.2, 0) is 25.7 Å². The van der Waals surface area contributed by atoms with Crippen LogP contribution in [0.25, 0.3) is 17.0 Å². The quantitative estimate of drug-likeness (QED) is 0.720.